The molecule has 2 heterocycles. The van der Waals surface area contributed by atoms with Crippen LogP contribution in [0.4, 0.5) is 5.95 Å². The average molecular weight is 591 g/mol. The van der Waals surface area contributed by atoms with Crippen LogP contribution in [0.1, 0.15) is 89.3 Å². The first kappa shape index (κ1) is 30.0. The summed E-state index contributed by atoms with van der Waals surface area (Å²) in [7, 11) is 0. The number of hydrogen-bond acceptors (Lipinski definition) is 8. The molecule has 1 saturated carbocycles. The molecule has 0 radical (unpaired) electrons. The number of benzene rings is 2. The normalized spacial score (nSPS) is 17.0. The molecule has 0 bridgehead atoms. The smallest absolute Gasteiger partial charge is 0.338 e. The van der Waals surface area contributed by atoms with Crippen LogP contribution in [0.5, 0.6) is 11.5 Å². The maximum Gasteiger partial charge on any atom is 0.338 e. The highest BCUT2D eigenvalue weighted by molar-refractivity contribution is 7.98. The van der Waals surface area contributed by atoms with Crippen molar-refractivity contribution in [1.29, 1.82) is 0 Å². The fourth-order valence-electron chi connectivity index (χ4n) is 5.50. The van der Waals surface area contributed by atoms with Crippen molar-refractivity contribution in [3.63, 3.8) is 0 Å². The summed E-state index contributed by atoms with van der Waals surface area (Å²) >= 11 is 1.57. The largest absolute Gasteiger partial charge is 0.490 e. The molecule has 2 aromatic carbocycles. The topological polar surface area (TPSA) is 87.5 Å². The van der Waals surface area contributed by atoms with Crippen LogP contribution < -0.4 is 14.8 Å². The summed E-state index contributed by atoms with van der Waals surface area (Å²) in [6.07, 6.45) is 8.36. The molecule has 1 fully saturated rings. The van der Waals surface area contributed by atoms with Crippen LogP contribution in [0.15, 0.2) is 65.0 Å². The van der Waals surface area contributed by atoms with Crippen molar-refractivity contribution in [1.82, 2.24) is 14.8 Å². The van der Waals surface area contributed by atoms with Gasteiger partial charge in [0.15, 0.2) is 11.5 Å². The van der Waals surface area contributed by atoms with E-state index in [1.54, 1.807) is 11.8 Å². The number of thioether (sulfide) groups is 1. The minimum Gasteiger partial charge on any atom is -0.490 e. The summed E-state index contributed by atoms with van der Waals surface area (Å²) < 4.78 is 20.0. The number of esters is 1. The summed E-state index contributed by atoms with van der Waals surface area (Å²) in [6, 6.07) is 15.6. The Morgan fingerprint density at radius 3 is 2.60 bits per heavy atom. The number of carbonyl (C=O) groups excluding carboxylic acids is 1. The fourth-order valence-corrected chi connectivity index (χ4v) is 6.29. The van der Waals surface area contributed by atoms with Gasteiger partial charge in [-0.25, -0.2) is 9.48 Å². The van der Waals surface area contributed by atoms with Gasteiger partial charge in [-0.1, -0.05) is 74.3 Å². The van der Waals surface area contributed by atoms with Gasteiger partial charge >= 0.3 is 5.97 Å². The van der Waals surface area contributed by atoms with E-state index in [1.165, 1.54) is 12.0 Å². The molecule has 42 heavy (non-hydrogen) atoms. The lowest BCUT2D eigenvalue weighted by atomic mass is 9.94. The molecule has 1 aromatic heterocycles. The van der Waals surface area contributed by atoms with Crippen LogP contribution in [-0.4, -0.2) is 40.1 Å². The number of carbonyl (C=O) groups is 1. The number of rotatable bonds is 13. The minimum atomic E-state index is -0.524. The maximum atomic E-state index is 13.8. The zero-order chi connectivity index (χ0) is 29.3. The Morgan fingerprint density at radius 2 is 1.83 bits per heavy atom. The lowest BCUT2D eigenvalue weighted by Gasteiger charge is -2.30. The van der Waals surface area contributed by atoms with Gasteiger partial charge in [-0.3, -0.25) is 0 Å². The zero-order valence-electron chi connectivity index (χ0n) is 24.9. The number of anilines is 1. The van der Waals surface area contributed by atoms with Crippen LogP contribution in [0.25, 0.3) is 0 Å². The second kappa shape index (κ2) is 14.6. The van der Waals surface area contributed by atoms with Crippen LogP contribution in [0.3, 0.4) is 0 Å². The molecule has 9 heteroatoms. The van der Waals surface area contributed by atoms with Gasteiger partial charge in [0.05, 0.1) is 18.8 Å². The number of allylic oxidation sites excluding steroid dienone is 1. The summed E-state index contributed by atoms with van der Waals surface area (Å²) in [5.41, 5.74) is 3.32. The Labute approximate surface area is 253 Å². The predicted octanol–water partition coefficient (Wildman–Crippen LogP) is 7.70. The van der Waals surface area contributed by atoms with Crippen molar-refractivity contribution in [2.75, 3.05) is 18.5 Å². The Kier molecular flexibility index (Phi) is 10.5. The molecule has 0 spiro atoms. The van der Waals surface area contributed by atoms with E-state index >= 15 is 0 Å². The zero-order valence-corrected chi connectivity index (χ0v) is 25.8. The van der Waals surface area contributed by atoms with Crippen LogP contribution in [0.2, 0.25) is 0 Å². The molecular weight excluding hydrogens is 548 g/mol. The second-order valence-corrected chi connectivity index (χ2v) is 11.8. The van der Waals surface area contributed by atoms with Crippen LogP contribution in [0, 0.1) is 0 Å². The van der Waals surface area contributed by atoms with Crippen LogP contribution >= 0.6 is 11.8 Å². The molecule has 1 unspecified atom stereocenters. The Bertz CT molecular complexity index is 1370. The molecule has 1 atom stereocenters. The Morgan fingerprint density at radius 1 is 1.02 bits per heavy atom. The molecule has 0 amide bonds. The van der Waals surface area contributed by atoms with E-state index in [9.17, 15) is 4.79 Å². The molecule has 2 aliphatic rings. The lowest BCUT2D eigenvalue weighted by molar-refractivity contribution is -0.146. The van der Waals surface area contributed by atoms with Crippen molar-refractivity contribution in [2.24, 2.45) is 0 Å². The third kappa shape index (κ3) is 7.30. The highest BCUT2D eigenvalue weighted by Gasteiger charge is 2.37. The first-order chi connectivity index (χ1) is 20.6. The summed E-state index contributed by atoms with van der Waals surface area (Å²) in [6.45, 7) is 7.18. The number of aromatic nitrogens is 3. The number of nitrogens with one attached hydrogen (secondary N) is 1. The molecule has 1 aliphatic carbocycles. The minimum absolute atomic E-state index is 0.0563. The van der Waals surface area contributed by atoms with Gasteiger partial charge in [0.1, 0.15) is 12.1 Å². The third-order valence-electron chi connectivity index (χ3n) is 7.68. The monoisotopic (exact) mass is 590 g/mol. The third-order valence-corrected chi connectivity index (χ3v) is 8.59. The van der Waals surface area contributed by atoms with E-state index < -0.39 is 6.04 Å². The van der Waals surface area contributed by atoms with Crippen molar-refractivity contribution in [3.05, 3.63) is 70.9 Å². The average Bonchev–Trinajstić information content (AvgIpc) is 3.41. The van der Waals surface area contributed by atoms with Crippen molar-refractivity contribution < 1.29 is 19.0 Å². The van der Waals surface area contributed by atoms with Crippen LogP contribution in [-0.2, 0) is 15.3 Å². The van der Waals surface area contributed by atoms with Gasteiger partial charge in [0.2, 0.25) is 11.1 Å². The predicted molar refractivity (Wildman–Crippen MR) is 166 cm³/mol. The summed E-state index contributed by atoms with van der Waals surface area (Å²) in [5.74, 6) is 2.39. The molecule has 224 valence electrons. The van der Waals surface area contributed by atoms with E-state index in [0.29, 0.717) is 41.4 Å². The van der Waals surface area contributed by atoms with Gasteiger partial charge < -0.3 is 19.5 Å². The number of ether oxygens (including phenoxy) is 3. The van der Waals surface area contributed by atoms with Gasteiger partial charge in [0, 0.05) is 11.4 Å². The van der Waals surface area contributed by atoms with E-state index in [-0.39, 0.29) is 12.1 Å². The molecule has 1 aliphatic heterocycles. The van der Waals surface area contributed by atoms with E-state index in [4.69, 9.17) is 24.3 Å². The van der Waals surface area contributed by atoms with Crippen molar-refractivity contribution in [2.45, 2.75) is 95.2 Å². The lowest BCUT2D eigenvalue weighted by Crippen LogP contribution is -2.32. The summed E-state index contributed by atoms with van der Waals surface area (Å²) in [4.78, 5) is 18.6. The number of unbranched alkanes of at least 4 members (excludes halogenated alkanes) is 2. The van der Waals surface area contributed by atoms with Gasteiger partial charge in [0.25, 0.3) is 0 Å². The number of hydrogen-bond donors (Lipinski definition) is 1. The highest BCUT2D eigenvalue weighted by Crippen LogP contribution is 2.40. The first-order valence-electron chi connectivity index (χ1n) is 15.3. The number of nitrogens with zero attached hydrogens (tertiary/aromatic N) is 3. The van der Waals surface area contributed by atoms with Crippen molar-refractivity contribution >= 4 is 23.7 Å². The molecule has 3 aromatic rings. The molecule has 8 nitrogen and oxygen atoms in total. The van der Waals surface area contributed by atoms with Crippen molar-refractivity contribution in [3.8, 4) is 11.5 Å². The molecule has 0 saturated heterocycles. The highest BCUT2D eigenvalue weighted by atomic mass is 32.2. The summed E-state index contributed by atoms with van der Waals surface area (Å²) in [5, 5.41) is 8.87. The second-order valence-electron chi connectivity index (χ2n) is 10.9. The van der Waals surface area contributed by atoms with E-state index in [0.717, 1.165) is 62.0 Å². The molecule has 5 rings (SSSR count). The molecular formula is C33H42N4O4S. The first-order valence-corrected chi connectivity index (χ1v) is 16.3. The van der Waals surface area contributed by atoms with Gasteiger partial charge in [-0.2, -0.15) is 4.98 Å². The SMILES string of the molecule is CCCCCOc1ccc(C2C(C(=O)OC3CCCCC3)=C(C)Nc3nc(SCc4ccccc4)nn32)cc1OCC. The maximum absolute atomic E-state index is 13.8. The Balaban J connectivity index is 1.48. The molecule has 1 N–H and O–H groups in total. The standard InChI is InChI=1S/C33H42N4O4S/c1-4-6-13-20-40-27-19-18-25(21-28(27)39-5-2)30-29(31(38)41-26-16-11-8-12-17-26)23(3)34-32-35-33(36-37(30)32)42-22-24-14-9-7-10-15-24/h7,9-10,14-15,18-19,21,26,30H,4-6,8,11-13,16-17,20,22H2,1-3H3,(H,34,35,36). The van der Waals surface area contributed by atoms with E-state index in [1.807, 2.05) is 54.9 Å². The van der Waals surface area contributed by atoms with Gasteiger partial charge in [-0.05, 0) is 69.2 Å². The quantitative estimate of drug-likeness (QED) is 0.123. The Hall–Kier alpha value is -3.46. The van der Waals surface area contributed by atoms with E-state index in [2.05, 4.69) is 24.4 Å². The fraction of sp³-hybridized carbons (Fsp3) is 0.485. The number of fused-ring (bicyclic) bond motifs is 1. The van der Waals surface area contributed by atoms with Gasteiger partial charge in [-0.15, -0.1) is 5.10 Å².